The molecule has 4 rings (SSSR count). The summed E-state index contributed by atoms with van der Waals surface area (Å²) in [4.78, 5) is 17.2. The second-order valence-corrected chi connectivity index (χ2v) is 7.19. The number of hydrogen-bond donors (Lipinski definition) is 2. The predicted octanol–water partition coefficient (Wildman–Crippen LogP) is 3.99. The molecule has 1 amide bonds. The van der Waals surface area contributed by atoms with Gasteiger partial charge in [-0.05, 0) is 60.7 Å². The summed E-state index contributed by atoms with van der Waals surface area (Å²) < 4.78 is 0. The van der Waals surface area contributed by atoms with Crippen LogP contribution in [0, 0.1) is 0 Å². The van der Waals surface area contributed by atoms with Crippen molar-refractivity contribution < 1.29 is 4.79 Å². The molecule has 1 aliphatic heterocycles. The Balaban J connectivity index is 1.34. The molecular weight excluding hydrogens is 334 g/mol. The molecule has 138 valence electrons. The maximum atomic E-state index is 11.4. The SMILES string of the molecule is NC(=O)c1ccc2[nH]cc(CCCN3CC=C(c4ccccc4)CC3)c2c1. The smallest absolute Gasteiger partial charge is 0.248 e. The molecule has 4 nitrogen and oxygen atoms in total. The van der Waals surface area contributed by atoms with Gasteiger partial charge in [-0.25, -0.2) is 0 Å². The number of carbonyl (C=O) groups is 1. The van der Waals surface area contributed by atoms with Crippen molar-refractivity contribution in [3.63, 3.8) is 0 Å². The maximum absolute atomic E-state index is 11.4. The number of nitrogens with one attached hydrogen (secondary N) is 1. The van der Waals surface area contributed by atoms with Crippen LogP contribution in [0.4, 0.5) is 0 Å². The maximum Gasteiger partial charge on any atom is 0.248 e. The highest BCUT2D eigenvalue weighted by Crippen LogP contribution is 2.23. The molecular formula is C23H25N3O. The van der Waals surface area contributed by atoms with Gasteiger partial charge in [0.05, 0.1) is 0 Å². The zero-order valence-corrected chi connectivity index (χ0v) is 15.4. The van der Waals surface area contributed by atoms with Gasteiger partial charge in [-0.15, -0.1) is 0 Å². The Morgan fingerprint density at radius 3 is 2.74 bits per heavy atom. The minimum Gasteiger partial charge on any atom is -0.366 e. The summed E-state index contributed by atoms with van der Waals surface area (Å²) in [5.74, 6) is -0.377. The predicted molar refractivity (Wildman–Crippen MR) is 111 cm³/mol. The Labute approximate surface area is 159 Å². The summed E-state index contributed by atoms with van der Waals surface area (Å²) >= 11 is 0. The lowest BCUT2D eigenvalue weighted by molar-refractivity contribution is 0.100. The van der Waals surface area contributed by atoms with E-state index in [1.807, 2.05) is 12.1 Å². The molecule has 0 saturated heterocycles. The zero-order valence-electron chi connectivity index (χ0n) is 15.4. The van der Waals surface area contributed by atoms with E-state index < -0.39 is 0 Å². The van der Waals surface area contributed by atoms with Crippen molar-refractivity contribution in [2.45, 2.75) is 19.3 Å². The molecule has 0 spiro atoms. The number of amides is 1. The normalized spacial score (nSPS) is 15.0. The van der Waals surface area contributed by atoms with Gasteiger partial charge in [0.15, 0.2) is 0 Å². The molecule has 4 heteroatoms. The van der Waals surface area contributed by atoms with E-state index in [0.717, 1.165) is 49.8 Å². The molecule has 1 aliphatic rings. The van der Waals surface area contributed by atoms with Crippen LogP contribution in [0.25, 0.3) is 16.5 Å². The lowest BCUT2D eigenvalue weighted by Gasteiger charge is -2.26. The number of benzene rings is 2. The van der Waals surface area contributed by atoms with Crippen molar-refractivity contribution in [1.82, 2.24) is 9.88 Å². The summed E-state index contributed by atoms with van der Waals surface area (Å²) in [6.45, 7) is 3.21. The van der Waals surface area contributed by atoms with E-state index in [9.17, 15) is 4.79 Å². The highest BCUT2D eigenvalue weighted by molar-refractivity contribution is 5.97. The van der Waals surface area contributed by atoms with Gasteiger partial charge in [-0.1, -0.05) is 36.4 Å². The van der Waals surface area contributed by atoms with E-state index in [0.29, 0.717) is 5.56 Å². The Bertz CT molecular complexity index is 972. The highest BCUT2D eigenvalue weighted by atomic mass is 16.1. The third-order valence-electron chi connectivity index (χ3n) is 5.41. The molecule has 0 aliphatic carbocycles. The molecule has 0 bridgehead atoms. The quantitative estimate of drug-likeness (QED) is 0.699. The van der Waals surface area contributed by atoms with Crippen LogP contribution in [0.3, 0.4) is 0 Å². The topological polar surface area (TPSA) is 62.1 Å². The van der Waals surface area contributed by atoms with Gasteiger partial charge >= 0.3 is 0 Å². The van der Waals surface area contributed by atoms with Crippen molar-refractivity contribution in [1.29, 1.82) is 0 Å². The first-order valence-corrected chi connectivity index (χ1v) is 9.57. The van der Waals surface area contributed by atoms with Gasteiger partial charge in [0.25, 0.3) is 0 Å². The van der Waals surface area contributed by atoms with Crippen LogP contribution in [0.2, 0.25) is 0 Å². The van der Waals surface area contributed by atoms with E-state index in [1.54, 1.807) is 6.07 Å². The van der Waals surface area contributed by atoms with Crippen LogP contribution in [0.5, 0.6) is 0 Å². The van der Waals surface area contributed by atoms with Crippen molar-refractivity contribution in [2.24, 2.45) is 5.73 Å². The molecule has 1 aromatic heterocycles. The second-order valence-electron chi connectivity index (χ2n) is 7.19. The third-order valence-corrected chi connectivity index (χ3v) is 5.41. The lowest BCUT2D eigenvalue weighted by Crippen LogP contribution is -2.29. The van der Waals surface area contributed by atoms with Gasteiger partial charge in [0, 0.05) is 35.8 Å². The number of rotatable bonds is 6. The van der Waals surface area contributed by atoms with Crippen LogP contribution in [-0.4, -0.2) is 35.4 Å². The van der Waals surface area contributed by atoms with Crippen LogP contribution in [0.1, 0.15) is 34.3 Å². The van der Waals surface area contributed by atoms with Crippen LogP contribution in [-0.2, 0) is 6.42 Å². The number of carbonyl (C=O) groups excluding carboxylic acids is 1. The molecule has 0 atom stereocenters. The summed E-state index contributed by atoms with van der Waals surface area (Å²) in [6.07, 6.45) is 7.62. The van der Waals surface area contributed by atoms with Gasteiger partial charge in [-0.3, -0.25) is 9.69 Å². The molecule has 3 N–H and O–H groups in total. The summed E-state index contributed by atoms with van der Waals surface area (Å²) in [5.41, 5.74) is 11.1. The van der Waals surface area contributed by atoms with E-state index >= 15 is 0 Å². The monoisotopic (exact) mass is 359 g/mol. The summed E-state index contributed by atoms with van der Waals surface area (Å²) in [5, 5.41) is 1.11. The fourth-order valence-electron chi connectivity index (χ4n) is 3.86. The molecule has 0 radical (unpaired) electrons. The number of fused-ring (bicyclic) bond motifs is 1. The lowest BCUT2D eigenvalue weighted by atomic mass is 9.99. The number of aromatic amines is 1. The Hall–Kier alpha value is -2.85. The molecule has 2 aromatic carbocycles. The molecule has 0 fully saturated rings. The molecule has 0 unspecified atom stereocenters. The van der Waals surface area contributed by atoms with Crippen molar-refractivity contribution in [2.75, 3.05) is 19.6 Å². The highest BCUT2D eigenvalue weighted by Gasteiger charge is 2.13. The Morgan fingerprint density at radius 2 is 2.00 bits per heavy atom. The van der Waals surface area contributed by atoms with E-state index in [-0.39, 0.29) is 5.91 Å². The Kier molecular flexibility index (Phi) is 5.07. The summed E-state index contributed by atoms with van der Waals surface area (Å²) in [7, 11) is 0. The number of hydrogen-bond acceptors (Lipinski definition) is 2. The first-order chi connectivity index (χ1) is 13.2. The first kappa shape index (κ1) is 17.6. The minimum atomic E-state index is -0.377. The standard InChI is InChI=1S/C23H25N3O/c24-23(27)19-8-9-22-21(15-19)20(16-25-22)7-4-12-26-13-10-18(11-14-26)17-5-2-1-3-6-17/h1-3,5-6,8-10,15-16,25H,4,7,11-14H2,(H2,24,27). The van der Waals surface area contributed by atoms with Gasteiger partial charge in [0.1, 0.15) is 0 Å². The average Bonchev–Trinajstić information content (AvgIpc) is 3.11. The van der Waals surface area contributed by atoms with Crippen molar-refractivity contribution >= 4 is 22.4 Å². The molecule has 3 aromatic rings. The number of aryl methyl sites for hydroxylation is 1. The van der Waals surface area contributed by atoms with E-state index in [1.165, 1.54) is 16.7 Å². The zero-order chi connectivity index (χ0) is 18.6. The Morgan fingerprint density at radius 1 is 1.15 bits per heavy atom. The fraction of sp³-hybridized carbons (Fsp3) is 0.261. The minimum absolute atomic E-state index is 0.377. The van der Waals surface area contributed by atoms with Gasteiger partial charge < -0.3 is 10.7 Å². The molecule has 0 saturated carbocycles. The molecule has 27 heavy (non-hydrogen) atoms. The number of primary amides is 1. The first-order valence-electron chi connectivity index (χ1n) is 9.57. The van der Waals surface area contributed by atoms with Gasteiger partial charge in [-0.2, -0.15) is 0 Å². The number of aromatic nitrogens is 1. The van der Waals surface area contributed by atoms with Gasteiger partial charge in [0.2, 0.25) is 5.91 Å². The van der Waals surface area contributed by atoms with Crippen LogP contribution in [0.15, 0.2) is 60.8 Å². The second kappa shape index (κ2) is 7.80. The largest absolute Gasteiger partial charge is 0.366 e. The van der Waals surface area contributed by atoms with E-state index in [2.05, 4.69) is 52.5 Å². The fourth-order valence-corrected chi connectivity index (χ4v) is 3.86. The van der Waals surface area contributed by atoms with Crippen molar-refractivity contribution in [3.8, 4) is 0 Å². The van der Waals surface area contributed by atoms with E-state index in [4.69, 9.17) is 5.73 Å². The number of nitrogens with two attached hydrogens (primary N) is 1. The third kappa shape index (κ3) is 3.96. The van der Waals surface area contributed by atoms with Crippen molar-refractivity contribution in [3.05, 3.63) is 77.5 Å². The van der Waals surface area contributed by atoms with Crippen LogP contribution < -0.4 is 5.73 Å². The average molecular weight is 359 g/mol. The van der Waals surface area contributed by atoms with Crippen LogP contribution >= 0.6 is 0 Å². The number of nitrogens with zero attached hydrogens (tertiary/aromatic N) is 1. The number of H-pyrrole nitrogens is 1. The molecule has 2 heterocycles. The summed E-state index contributed by atoms with van der Waals surface area (Å²) in [6, 6.07) is 16.3.